The molecule has 3 rings (SSSR count). The third kappa shape index (κ3) is 2.45. The van der Waals surface area contributed by atoms with Gasteiger partial charge in [-0.05, 0) is 49.2 Å². The molecule has 22 heavy (non-hydrogen) atoms. The van der Waals surface area contributed by atoms with E-state index < -0.39 is 0 Å². The Balaban J connectivity index is 2.26. The van der Waals surface area contributed by atoms with Crippen molar-refractivity contribution in [1.29, 1.82) is 0 Å². The van der Waals surface area contributed by atoms with Crippen LogP contribution in [0.4, 0.5) is 0 Å². The molecule has 0 atom stereocenters. The Morgan fingerprint density at radius 1 is 0.727 bits per heavy atom. The molecule has 0 fully saturated rings. The second kappa shape index (κ2) is 5.79. The second-order valence-corrected chi connectivity index (χ2v) is 5.33. The molecule has 0 N–H and O–H groups in total. The molecule has 0 saturated heterocycles. The molecule has 1 aliphatic rings. The molecule has 0 spiro atoms. The lowest BCUT2D eigenvalue weighted by atomic mass is 9.99. The van der Waals surface area contributed by atoms with Gasteiger partial charge in [0.25, 0.3) is 0 Å². The largest absolute Gasteiger partial charge is 0.496 e. The van der Waals surface area contributed by atoms with E-state index in [1.807, 2.05) is 38.1 Å². The maximum Gasteiger partial charge on any atom is 0.127 e. The lowest BCUT2D eigenvalue weighted by Crippen LogP contribution is -2.13. The van der Waals surface area contributed by atoms with Crippen LogP contribution >= 0.6 is 0 Å². The van der Waals surface area contributed by atoms with E-state index in [1.54, 1.807) is 14.2 Å². The van der Waals surface area contributed by atoms with Crippen LogP contribution < -0.4 is 18.9 Å². The second-order valence-electron chi connectivity index (χ2n) is 5.33. The number of rotatable bonds is 2. The molecule has 2 aromatic rings. The van der Waals surface area contributed by atoms with Crippen molar-refractivity contribution in [3.63, 3.8) is 0 Å². The molecule has 0 saturated carbocycles. The van der Waals surface area contributed by atoms with Gasteiger partial charge in [-0.3, -0.25) is 0 Å². The summed E-state index contributed by atoms with van der Waals surface area (Å²) in [6.07, 6.45) is 0. The summed E-state index contributed by atoms with van der Waals surface area (Å²) in [4.78, 5) is 0. The van der Waals surface area contributed by atoms with E-state index in [2.05, 4.69) is 0 Å². The molecule has 4 heteroatoms. The van der Waals surface area contributed by atoms with Gasteiger partial charge in [-0.2, -0.15) is 0 Å². The predicted molar refractivity (Wildman–Crippen MR) is 85.4 cm³/mol. The highest BCUT2D eigenvalue weighted by molar-refractivity contribution is 5.79. The predicted octanol–water partition coefficient (Wildman–Crippen LogP) is 3.76. The number of hydrogen-bond acceptors (Lipinski definition) is 4. The number of methoxy groups -OCH3 is 2. The van der Waals surface area contributed by atoms with Gasteiger partial charge in [0.05, 0.1) is 14.2 Å². The van der Waals surface area contributed by atoms with Crippen molar-refractivity contribution in [2.45, 2.75) is 13.8 Å². The van der Waals surface area contributed by atoms with Crippen molar-refractivity contribution in [2.24, 2.45) is 0 Å². The van der Waals surface area contributed by atoms with E-state index in [0.29, 0.717) is 13.2 Å². The van der Waals surface area contributed by atoms with Crippen molar-refractivity contribution in [3.05, 3.63) is 35.4 Å². The first-order valence-corrected chi connectivity index (χ1v) is 7.27. The third-order valence-corrected chi connectivity index (χ3v) is 3.88. The topological polar surface area (TPSA) is 36.9 Å². The molecule has 0 aliphatic carbocycles. The zero-order valence-corrected chi connectivity index (χ0v) is 13.4. The van der Waals surface area contributed by atoms with Gasteiger partial charge >= 0.3 is 0 Å². The average Bonchev–Trinajstić information content (AvgIpc) is 2.50. The minimum atomic E-state index is 0.517. The van der Waals surface area contributed by atoms with Gasteiger partial charge in [0.1, 0.15) is 36.2 Å². The molecule has 0 amide bonds. The van der Waals surface area contributed by atoms with Crippen molar-refractivity contribution >= 4 is 0 Å². The van der Waals surface area contributed by atoms with Crippen LogP contribution in [0.3, 0.4) is 0 Å². The quantitative estimate of drug-likeness (QED) is 0.846. The number of aryl methyl sites for hydroxylation is 2. The Kier molecular flexibility index (Phi) is 3.84. The first-order valence-electron chi connectivity index (χ1n) is 7.27. The lowest BCUT2D eigenvalue weighted by Gasteiger charge is -2.22. The Bertz CT molecular complexity index is 645. The van der Waals surface area contributed by atoms with Gasteiger partial charge in [0.15, 0.2) is 0 Å². The highest BCUT2D eigenvalue weighted by Gasteiger charge is 2.19. The average molecular weight is 300 g/mol. The number of hydrogen-bond donors (Lipinski definition) is 0. The van der Waals surface area contributed by atoms with Crippen molar-refractivity contribution < 1.29 is 18.9 Å². The molecule has 0 bridgehead atoms. The Morgan fingerprint density at radius 2 is 1.14 bits per heavy atom. The summed E-state index contributed by atoms with van der Waals surface area (Å²) in [7, 11) is 3.34. The highest BCUT2D eigenvalue weighted by atomic mass is 16.5. The van der Waals surface area contributed by atoms with Crippen LogP contribution in [0.25, 0.3) is 11.1 Å². The van der Waals surface area contributed by atoms with E-state index in [9.17, 15) is 0 Å². The standard InChI is InChI=1S/C18H20O4/c1-11-7-17-13(9-15(11)19-3)14-10-16(20-4)12(2)8-18(14)22-6-5-21-17/h7-10H,5-6H2,1-4H3. The molecule has 0 unspecified atom stereocenters. The van der Waals surface area contributed by atoms with Gasteiger partial charge in [-0.15, -0.1) is 0 Å². The van der Waals surface area contributed by atoms with Crippen molar-refractivity contribution in [1.82, 2.24) is 0 Å². The third-order valence-electron chi connectivity index (χ3n) is 3.88. The monoisotopic (exact) mass is 300 g/mol. The molecule has 0 radical (unpaired) electrons. The van der Waals surface area contributed by atoms with Crippen LogP contribution in [0, 0.1) is 13.8 Å². The van der Waals surface area contributed by atoms with Gasteiger partial charge in [0, 0.05) is 11.1 Å². The number of ether oxygens (including phenoxy) is 4. The summed E-state index contributed by atoms with van der Waals surface area (Å²) in [5, 5.41) is 0. The number of benzene rings is 2. The summed E-state index contributed by atoms with van der Waals surface area (Å²) in [6, 6.07) is 8.01. The van der Waals surface area contributed by atoms with Crippen molar-refractivity contribution in [2.75, 3.05) is 27.4 Å². The van der Waals surface area contributed by atoms with Gasteiger partial charge in [-0.25, -0.2) is 0 Å². The minimum Gasteiger partial charge on any atom is -0.496 e. The fourth-order valence-electron chi connectivity index (χ4n) is 2.73. The molecular formula is C18H20O4. The van der Waals surface area contributed by atoms with Crippen molar-refractivity contribution in [3.8, 4) is 34.1 Å². The van der Waals surface area contributed by atoms with Crippen LogP contribution in [-0.4, -0.2) is 27.4 Å². The van der Waals surface area contributed by atoms with E-state index >= 15 is 0 Å². The first kappa shape index (κ1) is 14.6. The SMILES string of the molecule is COc1cc2c(cc1C)OCCOc1cc(C)c(OC)cc1-2. The Morgan fingerprint density at radius 3 is 1.50 bits per heavy atom. The number of fused-ring (bicyclic) bond motifs is 3. The smallest absolute Gasteiger partial charge is 0.127 e. The molecule has 2 aromatic carbocycles. The van der Waals surface area contributed by atoms with E-state index in [-0.39, 0.29) is 0 Å². The van der Waals surface area contributed by atoms with Crippen LogP contribution in [0.15, 0.2) is 24.3 Å². The summed E-state index contributed by atoms with van der Waals surface area (Å²) in [6.45, 7) is 5.05. The van der Waals surface area contributed by atoms with E-state index in [1.165, 1.54) is 0 Å². The zero-order chi connectivity index (χ0) is 15.7. The fourth-order valence-corrected chi connectivity index (χ4v) is 2.73. The highest BCUT2D eigenvalue weighted by Crippen LogP contribution is 2.43. The summed E-state index contributed by atoms with van der Waals surface area (Å²) >= 11 is 0. The summed E-state index contributed by atoms with van der Waals surface area (Å²) < 4.78 is 22.6. The molecule has 1 aliphatic heterocycles. The molecule has 116 valence electrons. The Hall–Kier alpha value is -2.36. The first-order chi connectivity index (χ1) is 10.6. The zero-order valence-electron chi connectivity index (χ0n) is 13.4. The Labute approximate surface area is 130 Å². The normalized spacial score (nSPS) is 12.9. The van der Waals surface area contributed by atoms with Gasteiger partial charge < -0.3 is 18.9 Å². The summed E-state index contributed by atoms with van der Waals surface area (Å²) in [5.74, 6) is 3.34. The van der Waals surface area contributed by atoms with Crippen LogP contribution in [0.2, 0.25) is 0 Å². The van der Waals surface area contributed by atoms with Gasteiger partial charge in [0.2, 0.25) is 0 Å². The van der Waals surface area contributed by atoms with E-state index in [0.717, 1.165) is 45.3 Å². The van der Waals surface area contributed by atoms with Gasteiger partial charge in [-0.1, -0.05) is 0 Å². The van der Waals surface area contributed by atoms with E-state index in [4.69, 9.17) is 18.9 Å². The fraction of sp³-hybridized carbons (Fsp3) is 0.333. The maximum atomic E-state index is 5.85. The molecular weight excluding hydrogens is 280 g/mol. The van der Waals surface area contributed by atoms with Crippen LogP contribution in [0.1, 0.15) is 11.1 Å². The molecule has 0 aromatic heterocycles. The minimum absolute atomic E-state index is 0.517. The lowest BCUT2D eigenvalue weighted by molar-refractivity contribution is 0.214. The van der Waals surface area contributed by atoms with Crippen LogP contribution in [0.5, 0.6) is 23.0 Å². The molecule has 4 nitrogen and oxygen atoms in total. The van der Waals surface area contributed by atoms with Crippen LogP contribution in [-0.2, 0) is 0 Å². The summed E-state index contributed by atoms with van der Waals surface area (Å²) in [5.41, 5.74) is 4.00. The maximum absolute atomic E-state index is 5.85. The molecule has 1 heterocycles.